The van der Waals surface area contributed by atoms with E-state index in [0.717, 1.165) is 11.6 Å². The van der Waals surface area contributed by atoms with Crippen LogP contribution >= 0.6 is 46.9 Å². The van der Waals surface area contributed by atoms with Gasteiger partial charge in [-0.15, -0.1) is 0 Å². The molecule has 0 aliphatic heterocycles. The zero-order valence-electron chi connectivity index (χ0n) is 12.4. The third kappa shape index (κ3) is 5.02. The van der Waals surface area contributed by atoms with Crippen molar-refractivity contribution in [3.8, 4) is 0 Å². The minimum Gasteiger partial charge on any atom is -0.320 e. The van der Waals surface area contributed by atoms with E-state index in [4.69, 9.17) is 21.4 Å². The molecule has 0 aliphatic carbocycles. The van der Waals surface area contributed by atoms with Crippen LogP contribution in [-0.4, -0.2) is 9.79 Å². The molecule has 0 radical (unpaired) electrons. The van der Waals surface area contributed by atoms with Crippen LogP contribution in [0.25, 0.3) is 0 Å². The first-order chi connectivity index (χ1) is 11.5. The Labute approximate surface area is 159 Å². The highest BCUT2D eigenvalue weighted by atomic mass is 79.9. The van der Waals surface area contributed by atoms with Gasteiger partial charge in [-0.25, -0.2) is 4.39 Å². The second kappa shape index (κ2) is 8.03. The van der Waals surface area contributed by atoms with E-state index in [9.17, 15) is 17.7 Å². The molecule has 0 saturated heterocycles. The normalized spacial score (nSPS) is 12.4. The van der Waals surface area contributed by atoms with Gasteiger partial charge < -0.3 is 9.79 Å². The monoisotopic (exact) mass is 474 g/mol. The quantitative estimate of drug-likeness (QED) is 0.511. The van der Waals surface area contributed by atoms with Crippen LogP contribution in [0.3, 0.4) is 0 Å². The van der Waals surface area contributed by atoms with Gasteiger partial charge in [0.2, 0.25) is 0 Å². The molecule has 0 saturated carbocycles. The average molecular weight is 476 g/mol. The number of hydrogen-bond acceptors (Lipinski definition) is 2. The standard InChI is InChI=1S/C15H12BrClF3O3PS/c16-13-5-9(1-4-12(13)15(19,20)24(21,22)23)7-25-8-10-2-3-11(18)6-14(10)17/h1-6H,7-8H2,(H2,21,22,23). The molecule has 3 nitrogen and oxygen atoms in total. The minimum absolute atomic E-state index is 0.0845. The number of thioether (sulfide) groups is 1. The Morgan fingerprint density at radius 1 is 1.16 bits per heavy atom. The number of benzene rings is 2. The van der Waals surface area contributed by atoms with Crippen LogP contribution in [0.15, 0.2) is 40.9 Å². The maximum atomic E-state index is 13.8. The fourth-order valence-electron chi connectivity index (χ4n) is 1.97. The zero-order valence-corrected chi connectivity index (χ0v) is 16.5. The lowest BCUT2D eigenvalue weighted by Crippen LogP contribution is -2.14. The van der Waals surface area contributed by atoms with Crippen LogP contribution < -0.4 is 0 Å². The lowest BCUT2D eigenvalue weighted by Gasteiger charge is -2.19. The summed E-state index contributed by atoms with van der Waals surface area (Å²) in [4.78, 5) is 17.6. The van der Waals surface area contributed by atoms with Gasteiger partial charge in [-0.3, -0.25) is 4.57 Å². The minimum atomic E-state index is -5.62. The molecule has 2 aromatic rings. The van der Waals surface area contributed by atoms with Crippen molar-refractivity contribution in [1.29, 1.82) is 0 Å². The summed E-state index contributed by atoms with van der Waals surface area (Å²) in [6, 6.07) is 7.85. The molecule has 0 aliphatic rings. The smallest absolute Gasteiger partial charge is 0.320 e. The molecule has 0 atom stereocenters. The fraction of sp³-hybridized carbons (Fsp3) is 0.200. The van der Waals surface area contributed by atoms with Crippen molar-refractivity contribution < 1.29 is 27.5 Å². The van der Waals surface area contributed by atoms with Gasteiger partial charge in [-0.05, 0) is 29.3 Å². The lowest BCUT2D eigenvalue weighted by atomic mass is 10.1. The van der Waals surface area contributed by atoms with Crippen molar-refractivity contribution >= 4 is 46.9 Å². The molecule has 10 heteroatoms. The molecular formula is C15H12BrClF3O3PS. The molecular weight excluding hydrogens is 464 g/mol. The fourth-order valence-corrected chi connectivity index (χ4v) is 4.61. The molecule has 2 aromatic carbocycles. The number of rotatable bonds is 6. The van der Waals surface area contributed by atoms with Crippen molar-refractivity contribution in [2.45, 2.75) is 17.2 Å². The van der Waals surface area contributed by atoms with Crippen molar-refractivity contribution in [3.05, 3.63) is 68.4 Å². The van der Waals surface area contributed by atoms with E-state index in [2.05, 4.69) is 15.9 Å². The van der Waals surface area contributed by atoms with Crippen LogP contribution in [-0.2, 0) is 21.7 Å². The third-order valence-electron chi connectivity index (χ3n) is 3.26. The van der Waals surface area contributed by atoms with Crippen molar-refractivity contribution in [2.24, 2.45) is 0 Å². The topological polar surface area (TPSA) is 57.5 Å². The summed E-state index contributed by atoms with van der Waals surface area (Å²) in [7, 11) is -5.62. The molecule has 0 bridgehead atoms. The van der Waals surface area contributed by atoms with E-state index >= 15 is 0 Å². The summed E-state index contributed by atoms with van der Waals surface area (Å²) in [5.74, 6) is 0.523. The van der Waals surface area contributed by atoms with E-state index in [1.165, 1.54) is 36.0 Å². The van der Waals surface area contributed by atoms with E-state index < -0.39 is 24.6 Å². The van der Waals surface area contributed by atoms with E-state index in [1.807, 2.05) is 0 Å². The summed E-state index contributed by atoms with van der Waals surface area (Å²) in [6.07, 6.45) is 0. The van der Waals surface area contributed by atoms with Crippen LogP contribution in [0.2, 0.25) is 5.02 Å². The van der Waals surface area contributed by atoms with Gasteiger partial charge >= 0.3 is 13.3 Å². The summed E-state index contributed by atoms with van der Waals surface area (Å²) < 4.78 is 51.4. The van der Waals surface area contributed by atoms with Crippen LogP contribution in [0.1, 0.15) is 16.7 Å². The molecule has 2 N–H and O–H groups in total. The van der Waals surface area contributed by atoms with Gasteiger partial charge in [-0.1, -0.05) is 45.7 Å². The SMILES string of the molecule is O=P(O)(O)C(F)(F)c1ccc(CSCc2ccc(F)cc2Cl)cc1Br. The lowest BCUT2D eigenvalue weighted by molar-refractivity contribution is 0.0557. The van der Waals surface area contributed by atoms with Crippen molar-refractivity contribution in [1.82, 2.24) is 0 Å². The first-order valence-electron chi connectivity index (χ1n) is 6.76. The Morgan fingerprint density at radius 3 is 2.40 bits per heavy atom. The largest absolute Gasteiger partial charge is 0.399 e. The molecule has 0 unspecified atom stereocenters. The second-order valence-corrected chi connectivity index (χ2v) is 9.02. The Bertz CT molecular complexity index is 832. The number of alkyl halides is 2. The molecule has 0 fully saturated rings. The highest BCUT2D eigenvalue weighted by molar-refractivity contribution is 9.10. The Morgan fingerprint density at radius 2 is 1.84 bits per heavy atom. The van der Waals surface area contributed by atoms with Gasteiger partial charge in [0, 0.05) is 26.6 Å². The van der Waals surface area contributed by atoms with E-state index in [0.29, 0.717) is 22.1 Å². The molecule has 0 aromatic heterocycles. The maximum absolute atomic E-state index is 13.8. The van der Waals surface area contributed by atoms with Gasteiger partial charge in [0.25, 0.3) is 0 Å². The first kappa shape index (κ1) is 20.8. The molecule has 25 heavy (non-hydrogen) atoms. The first-order valence-corrected chi connectivity index (χ1v) is 10.7. The number of hydrogen-bond donors (Lipinski definition) is 2. The summed E-state index contributed by atoms with van der Waals surface area (Å²) in [5.41, 5.74) is -3.60. The van der Waals surface area contributed by atoms with Crippen molar-refractivity contribution in [3.63, 3.8) is 0 Å². The molecule has 0 amide bonds. The predicted molar refractivity (Wildman–Crippen MR) is 96.5 cm³/mol. The van der Waals surface area contributed by atoms with Gasteiger partial charge in [0.1, 0.15) is 5.82 Å². The second-order valence-electron chi connectivity index (χ2n) is 5.13. The highest BCUT2D eigenvalue weighted by Crippen LogP contribution is 2.60. The maximum Gasteiger partial charge on any atom is 0.399 e. The Hall–Kier alpha value is -0.500. The molecule has 0 spiro atoms. The van der Waals surface area contributed by atoms with Gasteiger partial charge in [-0.2, -0.15) is 20.5 Å². The van der Waals surface area contributed by atoms with E-state index in [1.54, 1.807) is 6.07 Å². The highest BCUT2D eigenvalue weighted by Gasteiger charge is 2.51. The summed E-state index contributed by atoms with van der Waals surface area (Å²) in [5, 5.41) is 0.310. The predicted octanol–water partition coefficient (Wildman–Crippen LogP) is 5.90. The number of halogens is 5. The average Bonchev–Trinajstić information content (AvgIpc) is 2.48. The third-order valence-corrected chi connectivity index (χ3v) is 6.30. The summed E-state index contributed by atoms with van der Waals surface area (Å²) in [6.45, 7) is 0. The van der Waals surface area contributed by atoms with E-state index in [-0.39, 0.29) is 4.47 Å². The Kier molecular flexibility index (Phi) is 6.68. The van der Waals surface area contributed by atoms with Crippen LogP contribution in [0, 0.1) is 5.82 Å². The van der Waals surface area contributed by atoms with Gasteiger partial charge in [0.05, 0.1) is 0 Å². The zero-order chi connectivity index (χ0) is 18.8. The summed E-state index contributed by atoms with van der Waals surface area (Å²) >= 11 is 10.3. The van der Waals surface area contributed by atoms with Crippen LogP contribution in [0.5, 0.6) is 0 Å². The molecule has 2 rings (SSSR count). The van der Waals surface area contributed by atoms with Crippen molar-refractivity contribution in [2.75, 3.05) is 0 Å². The molecule has 136 valence electrons. The Balaban J connectivity index is 2.07. The molecule has 0 heterocycles. The van der Waals surface area contributed by atoms with Gasteiger partial charge in [0.15, 0.2) is 0 Å². The van der Waals surface area contributed by atoms with Crippen LogP contribution in [0.4, 0.5) is 13.2 Å².